The zero-order valence-electron chi connectivity index (χ0n) is 13.7. The highest BCUT2D eigenvalue weighted by Gasteiger charge is 2.12. The molecule has 0 aliphatic carbocycles. The number of phenolic OH excluding ortho intramolecular Hbond substituents is 1. The molecule has 25 heavy (non-hydrogen) atoms. The molecule has 0 aliphatic rings. The number of hydrogen-bond acceptors (Lipinski definition) is 4. The molecular formula is C16H16Br3N3O3. The van der Waals surface area contributed by atoms with Gasteiger partial charge in [-0.2, -0.15) is 5.26 Å². The van der Waals surface area contributed by atoms with Crippen molar-refractivity contribution in [1.29, 1.82) is 5.26 Å². The minimum atomic E-state index is -0.343. The molecule has 2 N–H and O–H groups in total. The molecule has 0 amide bonds. The number of H-pyrrole nitrogens is 1. The van der Waals surface area contributed by atoms with E-state index in [2.05, 4.69) is 52.8 Å². The molecule has 1 atom stereocenters. The van der Waals surface area contributed by atoms with E-state index >= 15 is 0 Å². The highest BCUT2D eigenvalue weighted by atomic mass is 79.9. The summed E-state index contributed by atoms with van der Waals surface area (Å²) in [6.45, 7) is 5.47. The zero-order valence-corrected chi connectivity index (χ0v) is 18.5. The van der Waals surface area contributed by atoms with Crippen LogP contribution in [-0.2, 0) is 0 Å². The standard InChI is InChI=1S/C9H13BrN2O2.C7H3Br2NO/c1-4-5(2)12-8(13)7(10)6(3)11-9(12)14;8-5-1-4(3-10)2-6(9)7(5)11/h5H,4H2,1-3H3,(H,11,14);1-2,11H. The number of benzene rings is 1. The average molecular weight is 538 g/mol. The van der Waals surface area contributed by atoms with Crippen molar-refractivity contribution in [3.63, 3.8) is 0 Å². The van der Waals surface area contributed by atoms with E-state index in [-0.39, 0.29) is 23.0 Å². The Labute approximate surface area is 169 Å². The van der Waals surface area contributed by atoms with Gasteiger partial charge in [0, 0.05) is 11.7 Å². The SMILES string of the molecule is CCC(C)n1c(=O)[nH]c(C)c(Br)c1=O.N#Cc1cc(Br)c(O)c(Br)c1. The van der Waals surface area contributed by atoms with Gasteiger partial charge < -0.3 is 10.1 Å². The number of nitrogens with one attached hydrogen (secondary N) is 1. The third-order valence-corrected chi connectivity index (χ3v) is 5.57. The first-order valence-electron chi connectivity index (χ1n) is 7.23. The molecule has 1 aromatic heterocycles. The van der Waals surface area contributed by atoms with Crippen LogP contribution in [0.4, 0.5) is 0 Å². The van der Waals surface area contributed by atoms with Gasteiger partial charge in [-0.15, -0.1) is 0 Å². The van der Waals surface area contributed by atoms with E-state index in [4.69, 9.17) is 5.26 Å². The Hall–Kier alpha value is -1.37. The van der Waals surface area contributed by atoms with Crippen molar-refractivity contribution in [2.45, 2.75) is 33.2 Å². The summed E-state index contributed by atoms with van der Waals surface area (Å²) in [4.78, 5) is 25.8. The maximum atomic E-state index is 11.7. The number of phenols is 1. The number of nitrogens with zero attached hydrogens (tertiary/aromatic N) is 2. The van der Waals surface area contributed by atoms with E-state index in [0.717, 1.165) is 6.42 Å². The highest BCUT2D eigenvalue weighted by molar-refractivity contribution is 9.11. The molecule has 0 radical (unpaired) electrons. The lowest BCUT2D eigenvalue weighted by molar-refractivity contribution is 0.468. The minimum Gasteiger partial charge on any atom is -0.506 e. The third-order valence-electron chi connectivity index (χ3n) is 3.43. The number of aromatic hydroxyl groups is 1. The summed E-state index contributed by atoms with van der Waals surface area (Å²) in [5.41, 5.74) is 0.465. The van der Waals surface area contributed by atoms with E-state index in [1.165, 1.54) is 4.57 Å². The molecule has 2 aromatic rings. The van der Waals surface area contributed by atoms with Crippen molar-refractivity contribution in [2.24, 2.45) is 0 Å². The second kappa shape index (κ2) is 9.36. The Morgan fingerprint density at radius 1 is 1.28 bits per heavy atom. The maximum absolute atomic E-state index is 11.7. The fourth-order valence-corrected chi connectivity index (χ4v) is 3.32. The van der Waals surface area contributed by atoms with Crippen LogP contribution in [0.5, 0.6) is 5.75 Å². The van der Waals surface area contributed by atoms with Crippen LogP contribution in [0.25, 0.3) is 0 Å². The van der Waals surface area contributed by atoms with E-state index < -0.39 is 0 Å². The Morgan fingerprint density at radius 2 is 1.80 bits per heavy atom. The van der Waals surface area contributed by atoms with Crippen LogP contribution in [0.2, 0.25) is 0 Å². The number of aromatic nitrogens is 2. The molecule has 0 aliphatic heterocycles. The van der Waals surface area contributed by atoms with E-state index in [1.807, 2.05) is 19.9 Å². The van der Waals surface area contributed by atoms with Crippen molar-refractivity contribution < 1.29 is 5.11 Å². The van der Waals surface area contributed by atoms with Gasteiger partial charge in [-0.25, -0.2) is 4.79 Å². The number of rotatable bonds is 2. The van der Waals surface area contributed by atoms with Gasteiger partial charge in [0.2, 0.25) is 0 Å². The number of halogens is 3. The number of aryl methyl sites for hydroxylation is 1. The highest BCUT2D eigenvalue weighted by Crippen LogP contribution is 2.32. The predicted molar refractivity (Wildman–Crippen MR) is 107 cm³/mol. The first-order valence-corrected chi connectivity index (χ1v) is 9.60. The van der Waals surface area contributed by atoms with Crippen LogP contribution in [-0.4, -0.2) is 14.7 Å². The lowest BCUT2D eigenvalue weighted by Crippen LogP contribution is -2.38. The molecule has 2 rings (SSSR count). The molecule has 0 fully saturated rings. The first-order chi connectivity index (χ1) is 11.6. The zero-order chi connectivity index (χ0) is 19.3. The number of nitriles is 1. The molecule has 0 saturated carbocycles. The Bertz CT molecular complexity index is 906. The molecule has 0 saturated heterocycles. The molecule has 0 spiro atoms. The van der Waals surface area contributed by atoms with Crippen LogP contribution in [0.15, 0.2) is 35.1 Å². The van der Waals surface area contributed by atoms with Crippen molar-refractivity contribution in [3.8, 4) is 11.8 Å². The molecular weight excluding hydrogens is 522 g/mol. The summed E-state index contributed by atoms with van der Waals surface area (Å²) in [5, 5.41) is 17.7. The predicted octanol–water partition coefficient (Wildman–Crippen LogP) is 4.37. The van der Waals surface area contributed by atoms with Crippen LogP contribution >= 0.6 is 47.8 Å². The number of aromatic amines is 1. The first kappa shape index (κ1) is 21.7. The van der Waals surface area contributed by atoms with Crippen molar-refractivity contribution >= 4 is 47.8 Å². The largest absolute Gasteiger partial charge is 0.506 e. The Kier molecular flexibility index (Phi) is 8.12. The van der Waals surface area contributed by atoms with Gasteiger partial charge in [-0.1, -0.05) is 6.92 Å². The molecule has 134 valence electrons. The number of hydrogen-bond donors (Lipinski definition) is 2. The third kappa shape index (κ3) is 5.30. The van der Waals surface area contributed by atoms with Crippen molar-refractivity contribution in [1.82, 2.24) is 9.55 Å². The fraction of sp³-hybridized carbons (Fsp3) is 0.312. The smallest absolute Gasteiger partial charge is 0.328 e. The van der Waals surface area contributed by atoms with Crippen LogP contribution in [0.1, 0.15) is 37.6 Å². The molecule has 1 aromatic carbocycles. The quantitative estimate of drug-likeness (QED) is 0.594. The second-order valence-electron chi connectivity index (χ2n) is 5.20. The lowest BCUT2D eigenvalue weighted by Gasteiger charge is -2.12. The summed E-state index contributed by atoms with van der Waals surface area (Å²) < 4.78 is 2.70. The van der Waals surface area contributed by atoms with Crippen LogP contribution in [0, 0.1) is 18.3 Å². The molecule has 6 nitrogen and oxygen atoms in total. The summed E-state index contributed by atoms with van der Waals surface area (Å²) in [6, 6.07) is 5.00. The minimum absolute atomic E-state index is 0.0804. The van der Waals surface area contributed by atoms with Crippen LogP contribution in [0.3, 0.4) is 0 Å². The van der Waals surface area contributed by atoms with E-state index in [1.54, 1.807) is 19.1 Å². The van der Waals surface area contributed by atoms with Gasteiger partial charge in [0.25, 0.3) is 5.56 Å². The normalized spacial score (nSPS) is 11.2. The van der Waals surface area contributed by atoms with Gasteiger partial charge in [-0.3, -0.25) is 9.36 Å². The summed E-state index contributed by atoms with van der Waals surface area (Å²) in [6.07, 6.45) is 0.748. The fourth-order valence-electron chi connectivity index (χ4n) is 1.85. The lowest BCUT2D eigenvalue weighted by atomic mass is 10.2. The van der Waals surface area contributed by atoms with Crippen LogP contribution < -0.4 is 11.2 Å². The summed E-state index contributed by atoms with van der Waals surface area (Å²) >= 11 is 9.37. The van der Waals surface area contributed by atoms with Crippen molar-refractivity contribution in [3.05, 3.63) is 57.6 Å². The average Bonchev–Trinajstić information content (AvgIpc) is 2.57. The molecule has 1 unspecified atom stereocenters. The maximum Gasteiger partial charge on any atom is 0.328 e. The van der Waals surface area contributed by atoms with E-state index in [0.29, 0.717) is 24.7 Å². The topological polar surface area (TPSA) is 98.9 Å². The second-order valence-corrected chi connectivity index (χ2v) is 7.70. The summed E-state index contributed by atoms with van der Waals surface area (Å²) in [7, 11) is 0. The van der Waals surface area contributed by atoms with Gasteiger partial charge in [-0.05, 0) is 80.2 Å². The Morgan fingerprint density at radius 3 is 2.24 bits per heavy atom. The monoisotopic (exact) mass is 535 g/mol. The van der Waals surface area contributed by atoms with Gasteiger partial charge >= 0.3 is 5.69 Å². The Balaban J connectivity index is 0.000000257. The molecule has 9 heteroatoms. The van der Waals surface area contributed by atoms with Gasteiger partial charge in [0.05, 0.1) is 20.6 Å². The van der Waals surface area contributed by atoms with E-state index in [9.17, 15) is 14.7 Å². The molecule has 0 bridgehead atoms. The van der Waals surface area contributed by atoms with Crippen molar-refractivity contribution in [2.75, 3.05) is 0 Å². The summed E-state index contributed by atoms with van der Waals surface area (Å²) in [5.74, 6) is 0.115. The van der Waals surface area contributed by atoms with Gasteiger partial charge in [0.15, 0.2) is 0 Å². The van der Waals surface area contributed by atoms with Gasteiger partial charge in [0.1, 0.15) is 10.2 Å². The molecule has 1 heterocycles.